The molecule has 96 valence electrons. The number of rotatable bonds is 5. The molecule has 0 bridgehead atoms. The predicted molar refractivity (Wildman–Crippen MR) is 69.3 cm³/mol. The average molecular weight is 249 g/mol. The molecule has 4 heteroatoms. The highest BCUT2D eigenvalue weighted by Gasteiger charge is 2.24. The first-order chi connectivity index (χ1) is 7.44. The molecule has 0 aromatic rings. The number of halogens is 1. The quantitative estimate of drug-likeness (QED) is 0.750. The van der Waals surface area contributed by atoms with E-state index in [2.05, 4.69) is 37.9 Å². The monoisotopic (exact) mass is 248 g/mol. The SMILES string of the molecule is CC(C)N1CCOC(CNC(C)(C)CCl)C1. The van der Waals surface area contributed by atoms with Gasteiger partial charge in [0, 0.05) is 37.1 Å². The van der Waals surface area contributed by atoms with Crippen LogP contribution >= 0.6 is 11.6 Å². The largest absolute Gasteiger partial charge is 0.374 e. The standard InChI is InChI=1S/C12H25ClN2O/c1-10(2)15-5-6-16-11(8-15)7-14-12(3,4)9-13/h10-11,14H,5-9H2,1-4H3. The van der Waals surface area contributed by atoms with Gasteiger partial charge in [0.25, 0.3) is 0 Å². The van der Waals surface area contributed by atoms with Gasteiger partial charge in [0.1, 0.15) is 0 Å². The number of alkyl halides is 1. The summed E-state index contributed by atoms with van der Waals surface area (Å²) in [4.78, 5) is 2.46. The Bertz CT molecular complexity index is 209. The molecule has 0 aromatic carbocycles. The fraction of sp³-hybridized carbons (Fsp3) is 1.00. The molecule has 0 spiro atoms. The van der Waals surface area contributed by atoms with Gasteiger partial charge in [-0.15, -0.1) is 11.6 Å². The molecule has 0 aromatic heterocycles. The minimum absolute atomic E-state index is 0.00891. The van der Waals surface area contributed by atoms with E-state index in [-0.39, 0.29) is 5.54 Å². The van der Waals surface area contributed by atoms with Crippen LogP contribution in [0.4, 0.5) is 0 Å². The molecule has 1 rings (SSSR count). The molecule has 1 unspecified atom stereocenters. The van der Waals surface area contributed by atoms with Gasteiger partial charge in [-0.25, -0.2) is 0 Å². The Morgan fingerprint density at radius 3 is 2.75 bits per heavy atom. The lowest BCUT2D eigenvalue weighted by atomic mass is 10.1. The predicted octanol–water partition coefficient (Wildman–Crippen LogP) is 1.70. The molecule has 1 fully saturated rings. The van der Waals surface area contributed by atoms with Crippen molar-refractivity contribution in [3.63, 3.8) is 0 Å². The van der Waals surface area contributed by atoms with Crippen molar-refractivity contribution in [2.24, 2.45) is 0 Å². The second-order valence-corrected chi connectivity index (χ2v) is 5.75. The average Bonchev–Trinajstić information content (AvgIpc) is 2.27. The Morgan fingerprint density at radius 1 is 1.50 bits per heavy atom. The van der Waals surface area contributed by atoms with Crippen LogP contribution in [0.2, 0.25) is 0 Å². The number of hydrogen-bond acceptors (Lipinski definition) is 3. The smallest absolute Gasteiger partial charge is 0.0827 e. The van der Waals surface area contributed by atoms with Crippen LogP contribution in [0, 0.1) is 0 Å². The first-order valence-electron chi connectivity index (χ1n) is 6.11. The minimum Gasteiger partial charge on any atom is -0.374 e. The molecular formula is C12H25ClN2O. The lowest BCUT2D eigenvalue weighted by Gasteiger charge is -2.37. The Morgan fingerprint density at radius 2 is 2.19 bits per heavy atom. The molecule has 16 heavy (non-hydrogen) atoms. The zero-order chi connectivity index (χ0) is 12.2. The Kier molecular flexibility index (Phi) is 5.51. The topological polar surface area (TPSA) is 24.5 Å². The van der Waals surface area contributed by atoms with Crippen molar-refractivity contribution in [3.8, 4) is 0 Å². The summed E-state index contributed by atoms with van der Waals surface area (Å²) in [7, 11) is 0. The van der Waals surface area contributed by atoms with Crippen molar-refractivity contribution < 1.29 is 4.74 Å². The fourth-order valence-corrected chi connectivity index (χ4v) is 1.87. The molecule has 1 atom stereocenters. The molecule has 0 radical (unpaired) electrons. The van der Waals surface area contributed by atoms with Crippen LogP contribution in [-0.4, -0.2) is 54.7 Å². The molecule has 1 aliphatic heterocycles. The van der Waals surface area contributed by atoms with E-state index in [0.29, 0.717) is 18.0 Å². The van der Waals surface area contributed by atoms with E-state index in [0.717, 1.165) is 26.2 Å². The highest BCUT2D eigenvalue weighted by molar-refractivity contribution is 6.18. The molecule has 1 saturated heterocycles. The minimum atomic E-state index is -0.00891. The lowest BCUT2D eigenvalue weighted by Crippen LogP contribution is -2.52. The van der Waals surface area contributed by atoms with Gasteiger partial charge in [0.05, 0.1) is 12.7 Å². The Labute approximate surface area is 104 Å². The van der Waals surface area contributed by atoms with Gasteiger partial charge < -0.3 is 10.1 Å². The zero-order valence-corrected chi connectivity index (χ0v) is 11.7. The van der Waals surface area contributed by atoms with E-state index >= 15 is 0 Å². The fourth-order valence-electron chi connectivity index (χ4n) is 1.77. The van der Waals surface area contributed by atoms with Crippen LogP contribution in [0.1, 0.15) is 27.7 Å². The normalized spacial score (nSPS) is 24.0. The van der Waals surface area contributed by atoms with Crippen LogP contribution in [0.5, 0.6) is 0 Å². The third-order valence-electron chi connectivity index (χ3n) is 3.04. The van der Waals surface area contributed by atoms with E-state index < -0.39 is 0 Å². The van der Waals surface area contributed by atoms with Gasteiger partial charge in [-0.1, -0.05) is 0 Å². The summed E-state index contributed by atoms with van der Waals surface area (Å²) in [6, 6.07) is 0.604. The molecule has 1 heterocycles. The number of morpholine rings is 1. The summed E-state index contributed by atoms with van der Waals surface area (Å²) in [6.07, 6.45) is 0.290. The third-order valence-corrected chi connectivity index (χ3v) is 3.71. The van der Waals surface area contributed by atoms with Crippen LogP contribution in [0.25, 0.3) is 0 Å². The molecule has 0 aliphatic carbocycles. The highest BCUT2D eigenvalue weighted by Crippen LogP contribution is 2.10. The van der Waals surface area contributed by atoms with Gasteiger partial charge in [-0.3, -0.25) is 4.90 Å². The van der Waals surface area contributed by atoms with Gasteiger partial charge >= 0.3 is 0 Å². The van der Waals surface area contributed by atoms with Crippen molar-refractivity contribution in [1.82, 2.24) is 10.2 Å². The van der Waals surface area contributed by atoms with Crippen molar-refractivity contribution in [3.05, 3.63) is 0 Å². The summed E-state index contributed by atoms with van der Waals surface area (Å²) in [5.74, 6) is 0.619. The second-order valence-electron chi connectivity index (χ2n) is 5.48. The number of ether oxygens (including phenoxy) is 1. The van der Waals surface area contributed by atoms with E-state index in [1.54, 1.807) is 0 Å². The van der Waals surface area contributed by atoms with Crippen LogP contribution in [-0.2, 0) is 4.74 Å². The molecule has 1 aliphatic rings. The molecule has 0 amide bonds. The van der Waals surface area contributed by atoms with Gasteiger partial charge in [0.2, 0.25) is 0 Å². The maximum absolute atomic E-state index is 5.88. The maximum atomic E-state index is 5.88. The van der Waals surface area contributed by atoms with Crippen molar-refractivity contribution in [2.75, 3.05) is 32.1 Å². The van der Waals surface area contributed by atoms with E-state index in [9.17, 15) is 0 Å². The number of nitrogens with one attached hydrogen (secondary N) is 1. The molecule has 0 saturated carbocycles. The molecule has 1 N–H and O–H groups in total. The van der Waals surface area contributed by atoms with Crippen LogP contribution < -0.4 is 5.32 Å². The van der Waals surface area contributed by atoms with Crippen molar-refractivity contribution in [2.45, 2.75) is 45.4 Å². The molecule has 3 nitrogen and oxygen atoms in total. The summed E-state index contributed by atoms with van der Waals surface area (Å²) >= 11 is 5.88. The van der Waals surface area contributed by atoms with Crippen molar-refractivity contribution in [1.29, 1.82) is 0 Å². The first-order valence-corrected chi connectivity index (χ1v) is 6.65. The van der Waals surface area contributed by atoms with Crippen LogP contribution in [0.3, 0.4) is 0 Å². The third kappa shape index (κ3) is 4.58. The highest BCUT2D eigenvalue weighted by atomic mass is 35.5. The zero-order valence-electron chi connectivity index (χ0n) is 10.9. The van der Waals surface area contributed by atoms with E-state index in [4.69, 9.17) is 16.3 Å². The van der Waals surface area contributed by atoms with Gasteiger partial charge in [-0.2, -0.15) is 0 Å². The Balaban J connectivity index is 2.32. The summed E-state index contributed by atoms with van der Waals surface area (Å²) in [6.45, 7) is 12.5. The first kappa shape index (κ1) is 14.2. The number of hydrogen-bond donors (Lipinski definition) is 1. The van der Waals surface area contributed by atoms with Crippen molar-refractivity contribution >= 4 is 11.6 Å². The van der Waals surface area contributed by atoms with Gasteiger partial charge in [-0.05, 0) is 27.7 Å². The van der Waals surface area contributed by atoms with E-state index in [1.165, 1.54) is 0 Å². The van der Waals surface area contributed by atoms with Gasteiger partial charge in [0.15, 0.2) is 0 Å². The van der Waals surface area contributed by atoms with E-state index in [1.807, 2.05) is 0 Å². The van der Waals surface area contributed by atoms with Crippen LogP contribution in [0.15, 0.2) is 0 Å². The summed E-state index contributed by atoms with van der Waals surface area (Å²) < 4.78 is 5.75. The second kappa shape index (κ2) is 6.20. The summed E-state index contributed by atoms with van der Waals surface area (Å²) in [5.41, 5.74) is -0.00891. The maximum Gasteiger partial charge on any atom is 0.0827 e. The lowest BCUT2D eigenvalue weighted by molar-refractivity contribution is -0.0391. The summed E-state index contributed by atoms with van der Waals surface area (Å²) in [5, 5.41) is 3.45. The number of nitrogens with zero attached hydrogens (tertiary/aromatic N) is 1. The Hall–Kier alpha value is 0.170. The molecular weight excluding hydrogens is 224 g/mol.